The van der Waals surface area contributed by atoms with Crippen LogP contribution >= 0.6 is 11.8 Å². The number of nitrogens with one attached hydrogen (secondary N) is 1. The van der Waals surface area contributed by atoms with Crippen molar-refractivity contribution in [3.05, 3.63) is 106 Å². The first-order valence-corrected chi connectivity index (χ1v) is 11.9. The Morgan fingerprint density at radius 3 is 2.55 bits per heavy atom. The van der Waals surface area contributed by atoms with Gasteiger partial charge in [-0.1, -0.05) is 71.9 Å². The molecule has 5 nitrogen and oxygen atoms in total. The molecule has 4 aromatic rings. The third-order valence-corrected chi connectivity index (χ3v) is 6.66. The first-order chi connectivity index (χ1) is 16.1. The third kappa shape index (κ3) is 3.23. The Morgan fingerprint density at radius 1 is 1.00 bits per heavy atom. The van der Waals surface area contributed by atoms with E-state index in [0.29, 0.717) is 16.7 Å². The van der Waals surface area contributed by atoms with Crippen LogP contribution in [0.15, 0.2) is 83.5 Å². The summed E-state index contributed by atoms with van der Waals surface area (Å²) >= 11 is 1.45. The molecule has 0 unspecified atom stereocenters. The molecule has 6 rings (SSSR count). The number of aromatic nitrogens is 3. The lowest BCUT2D eigenvalue weighted by Gasteiger charge is -2.39. The van der Waals surface area contributed by atoms with Crippen molar-refractivity contribution < 1.29 is 9.13 Å². The highest BCUT2D eigenvalue weighted by Gasteiger charge is 2.42. The van der Waals surface area contributed by atoms with Gasteiger partial charge in [0.25, 0.3) is 0 Å². The number of hydrogen-bond donors (Lipinski definition) is 1. The highest BCUT2D eigenvalue weighted by molar-refractivity contribution is 7.98. The average Bonchev–Trinajstić information content (AvgIpc) is 3.26. The van der Waals surface area contributed by atoms with Gasteiger partial charge in [0.2, 0.25) is 11.1 Å². The van der Waals surface area contributed by atoms with E-state index in [1.54, 1.807) is 10.7 Å². The quantitative estimate of drug-likeness (QED) is 0.383. The molecule has 0 spiro atoms. The summed E-state index contributed by atoms with van der Waals surface area (Å²) in [6.07, 6.45) is 1.52. The second kappa shape index (κ2) is 7.78. The molecule has 164 valence electrons. The van der Waals surface area contributed by atoms with E-state index in [-0.39, 0.29) is 5.82 Å². The van der Waals surface area contributed by atoms with Gasteiger partial charge in [0, 0.05) is 16.7 Å². The Kier molecular flexibility index (Phi) is 4.73. The lowest BCUT2D eigenvalue weighted by Crippen LogP contribution is -2.32. The number of benzene rings is 3. The smallest absolute Gasteiger partial charge is 0.227 e. The molecule has 2 aliphatic heterocycles. The minimum atomic E-state index is -0.509. The maximum Gasteiger partial charge on any atom is 0.227 e. The Labute approximate surface area is 195 Å². The summed E-state index contributed by atoms with van der Waals surface area (Å²) in [5.41, 5.74) is 5.43. The predicted molar refractivity (Wildman–Crippen MR) is 128 cm³/mol. The zero-order chi connectivity index (χ0) is 22.5. The Morgan fingerprint density at radius 2 is 1.76 bits per heavy atom. The first kappa shape index (κ1) is 20.1. The molecule has 0 bridgehead atoms. The molecule has 3 heterocycles. The maximum atomic E-state index is 15.2. The fraction of sp³-hybridized carbons (Fsp3) is 0.154. The summed E-state index contributed by atoms with van der Waals surface area (Å²) in [7, 11) is 0. The standard InChI is InChI=1S/C26H21FN4OS/c1-15-11-13-16(14-12-15)24-21-22(18-8-4-6-10-20(18)32-24)28-25-29-26(33-2)30-31(25)23(21)17-7-3-5-9-19(17)27/h3-14,23-24H,1-2H3,(H,28,29,30)/t23-,24+/m0/s1. The van der Waals surface area contributed by atoms with E-state index < -0.39 is 12.1 Å². The summed E-state index contributed by atoms with van der Waals surface area (Å²) < 4.78 is 23.6. The van der Waals surface area contributed by atoms with Crippen LogP contribution in [0.1, 0.15) is 34.4 Å². The largest absolute Gasteiger partial charge is 0.480 e. The minimum Gasteiger partial charge on any atom is -0.480 e. The van der Waals surface area contributed by atoms with Gasteiger partial charge in [0.1, 0.15) is 23.7 Å². The molecule has 0 amide bonds. The average molecular weight is 457 g/mol. The van der Waals surface area contributed by atoms with Crippen LogP contribution in [0, 0.1) is 12.7 Å². The van der Waals surface area contributed by atoms with Crippen LogP contribution in [-0.4, -0.2) is 21.0 Å². The summed E-state index contributed by atoms with van der Waals surface area (Å²) in [4.78, 5) is 4.65. The maximum absolute atomic E-state index is 15.2. The fourth-order valence-corrected chi connectivity index (χ4v) is 4.90. The monoisotopic (exact) mass is 456 g/mol. The molecule has 0 radical (unpaired) electrons. The number of nitrogens with zero attached hydrogens (tertiary/aromatic N) is 3. The van der Waals surface area contributed by atoms with Crippen molar-refractivity contribution in [2.24, 2.45) is 0 Å². The number of halogens is 1. The number of hydrogen-bond acceptors (Lipinski definition) is 5. The molecule has 1 aromatic heterocycles. The highest BCUT2D eigenvalue weighted by atomic mass is 32.2. The molecule has 0 saturated heterocycles. The zero-order valence-electron chi connectivity index (χ0n) is 18.1. The van der Waals surface area contributed by atoms with E-state index in [0.717, 1.165) is 28.1 Å². The van der Waals surface area contributed by atoms with Gasteiger partial charge in [-0.2, -0.15) is 4.98 Å². The molecular weight excluding hydrogens is 435 g/mol. The van der Waals surface area contributed by atoms with Crippen LogP contribution in [-0.2, 0) is 0 Å². The van der Waals surface area contributed by atoms with Crippen LogP contribution in [0.3, 0.4) is 0 Å². The Hall–Kier alpha value is -3.58. The second-order valence-electron chi connectivity index (χ2n) is 8.15. The van der Waals surface area contributed by atoms with Crippen molar-refractivity contribution in [3.63, 3.8) is 0 Å². The molecule has 7 heteroatoms. The molecule has 2 atom stereocenters. The molecule has 0 aliphatic carbocycles. The fourth-order valence-electron chi connectivity index (χ4n) is 4.56. The number of para-hydroxylation sites is 1. The van der Waals surface area contributed by atoms with Crippen molar-refractivity contribution >= 4 is 23.4 Å². The summed E-state index contributed by atoms with van der Waals surface area (Å²) in [5, 5.41) is 8.83. The van der Waals surface area contributed by atoms with E-state index in [4.69, 9.17) is 9.84 Å². The Balaban J connectivity index is 1.65. The number of anilines is 1. The van der Waals surface area contributed by atoms with Gasteiger partial charge >= 0.3 is 0 Å². The number of thioether (sulfide) groups is 1. The second-order valence-corrected chi connectivity index (χ2v) is 8.92. The third-order valence-electron chi connectivity index (χ3n) is 6.12. The molecule has 3 aromatic carbocycles. The SMILES string of the molecule is CSc1nc2n(n1)[C@@H](c1ccccc1F)C1=C(N2)c2ccccc2O[C@@H]1c1ccc(C)cc1. The lowest BCUT2D eigenvalue weighted by molar-refractivity contribution is 0.222. The summed E-state index contributed by atoms with van der Waals surface area (Å²) in [5.74, 6) is 1.08. The molecule has 2 aliphatic rings. The highest BCUT2D eigenvalue weighted by Crippen LogP contribution is 2.51. The van der Waals surface area contributed by atoms with Gasteiger partial charge in [-0.15, -0.1) is 5.10 Å². The number of aryl methyl sites for hydroxylation is 1. The van der Waals surface area contributed by atoms with E-state index >= 15 is 4.39 Å². The van der Waals surface area contributed by atoms with Gasteiger partial charge < -0.3 is 10.1 Å². The van der Waals surface area contributed by atoms with E-state index in [1.807, 2.05) is 42.7 Å². The Bertz CT molecular complexity index is 1400. The van der Waals surface area contributed by atoms with Gasteiger partial charge in [0.15, 0.2) is 0 Å². The molecule has 0 saturated carbocycles. The van der Waals surface area contributed by atoms with Gasteiger partial charge in [-0.25, -0.2) is 9.07 Å². The first-order valence-electron chi connectivity index (χ1n) is 10.7. The summed E-state index contributed by atoms with van der Waals surface area (Å²) in [6.45, 7) is 2.06. The van der Waals surface area contributed by atoms with Gasteiger partial charge in [0.05, 0.1) is 5.70 Å². The molecule has 1 N–H and O–H groups in total. The van der Waals surface area contributed by atoms with E-state index in [1.165, 1.54) is 23.4 Å². The zero-order valence-corrected chi connectivity index (χ0v) is 18.9. The predicted octanol–water partition coefficient (Wildman–Crippen LogP) is 6.01. The van der Waals surface area contributed by atoms with Crippen LogP contribution in [0.25, 0.3) is 5.70 Å². The molecular formula is C26H21FN4OS. The van der Waals surface area contributed by atoms with E-state index in [9.17, 15) is 0 Å². The van der Waals surface area contributed by atoms with E-state index in [2.05, 4.69) is 41.5 Å². The van der Waals surface area contributed by atoms with Crippen molar-refractivity contribution in [2.75, 3.05) is 11.6 Å². The van der Waals surface area contributed by atoms with Crippen molar-refractivity contribution in [1.29, 1.82) is 0 Å². The van der Waals surface area contributed by atoms with Crippen LogP contribution < -0.4 is 10.1 Å². The topological polar surface area (TPSA) is 52.0 Å². The summed E-state index contributed by atoms with van der Waals surface area (Å²) in [6, 6.07) is 22.5. The van der Waals surface area contributed by atoms with Crippen LogP contribution in [0.2, 0.25) is 0 Å². The number of ether oxygens (including phenoxy) is 1. The number of rotatable bonds is 3. The normalized spacial score (nSPS) is 18.6. The number of fused-ring (bicyclic) bond motifs is 3. The van der Waals surface area contributed by atoms with Crippen LogP contribution in [0.4, 0.5) is 10.3 Å². The van der Waals surface area contributed by atoms with Crippen molar-refractivity contribution in [1.82, 2.24) is 14.8 Å². The van der Waals surface area contributed by atoms with Gasteiger partial charge in [-0.3, -0.25) is 0 Å². The molecule has 33 heavy (non-hydrogen) atoms. The van der Waals surface area contributed by atoms with Crippen LogP contribution in [0.5, 0.6) is 5.75 Å². The van der Waals surface area contributed by atoms with Crippen molar-refractivity contribution in [3.8, 4) is 5.75 Å². The minimum absolute atomic E-state index is 0.287. The lowest BCUT2D eigenvalue weighted by atomic mass is 9.84. The molecule has 0 fully saturated rings. The van der Waals surface area contributed by atoms with Crippen molar-refractivity contribution in [2.45, 2.75) is 24.2 Å². The van der Waals surface area contributed by atoms with Gasteiger partial charge in [-0.05, 0) is 36.9 Å².